The highest BCUT2D eigenvalue weighted by Gasteiger charge is 2.18. The number of hydrogen-bond donors (Lipinski definition) is 0. The standard InChI is InChI=1S/C17H14Cl2N2O/c1-21(2)12-8-9-13(14(18)10-12)16-15(20-17(19)22-16)11-6-4-3-5-7-11/h3-10H,1-2H3. The topological polar surface area (TPSA) is 29.3 Å². The van der Waals surface area contributed by atoms with Crippen LogP contribution < -0.4 is 4.90 Å². The van der Waals surface area contributed by atoms with E-state index in [0.717, 1.165) is 16.8 Å². The SMILES string of the molecule is CN(C)c1ccc(-c2oc(Cl)nc2-c2ccccc2)c(Cl)c1. The second-order valence-electron chi connectivity index (χ2n) is 5.07. The molecule has 112 valence electrons. The molecule has 0 aliphatic heterocycles. The van der Waals surface area contributed by atoms with Gasteiger partial charge in [0.15, 0.2) is 5.76 Å². The molecule has 3 aromatic rings. The van der Waals surface area contributed by atoms with Gasteiger partial charge in [0, 0.05) is 30.9 Å². The summed E-state index contributed by atoms with van der Waals surface area (Å²) in [5.74, 6) is 0.575. The van der Waals surface area contributed by atoms with Gasteiger partial charge in [-0.3, -0.25) is 0 Å². The molecule has 0 fully saturated rings. The lowest BCUT2D eigenvalue weighted by Crippen LogP contribution is -2.08. The van der Waals surface area contributed by atoms with Crippen molar-refractivity contribution >= 4 is 28.9 Å². The van der Waals surface area contributed by atoms with Crippen molar-refractivity contribution in [2.75, 3.05) is 19.0 Å². The Morgan fingerprint density at radius 3 is 2.36 bits per heavy atom. The minimum atomic E-state index is 0.0987. The molecule has 22 heavy (non-hydrogen) atoms. The second-order valence-corrected chi connectivity index (χ2v) is 5.80. The normalized spacial score (nSPS) is 10.7. The van der Waals surface area contributed by atoms with Crippen LogP contribution in [0.2, 0.25) is 10.4 Å². The summed E-state index contributed by atoms with van der Waals surface area (Å²) >= 11 is 12.4. The van der Waals surface area contributed by atoms with E-state index >= 15 is 0 Å². The van der Waals surface area contributed by atoms with Gasteiger partial charge in [0.2, 0.25) is 0 Å². The molecule has 0 unspecified atom stereocenters. The predicted molar refractivity (Wildman–Crippen MR) is 91.7 cm³/mol. The summed E-state index contributed by atoms with van der Waals surface area (Å²) in [7, 11) is 3.93. The Morgan fingerprint density at radius 1 is 1.00 bits per heavy atom. The quantitative estimate of drug-likeness (QED) is 0.644. The van der Waals surface area contributed by atoms with Crippen molar-refractivity contribution < 1.29 is 4.42 Å². The van der Waals surface area contributed by atoms with Gasteiger partial charge in [-0.1, -0.05) is 41.9 Å². The Hall–Kier alpha value is -1.97. The van der Waals surface area contributed by atoms with E-state index in [2.05, 4.69) is 4.98 Å². The fourth-order valence-electron chi connectivity index (χ4n) is 2.23. The average Bonchev–Trinajstić information content (AvgIpc) is 2.89. The molecule has 5 heteroatoms. The van der Waals surface area contributed by atoms with Gasteiger partial charge in [0.25, 0.3) is 5.35 Å². The summed E-state index contributed by atoms with van der Waals surface area (Å²) in [5, 5.41) is 0.692. The summed E-state index contributed by atoms with van der Waals surface area (Å²) in [6.45, 7) is 0. The van der Waals surface area contributed by atoms with Crippen LogP contribution in [0.3, 0.4) is 0 Å². The van der Waals surface area contributed by atoms with Crippen LogP contribution in [0.4, 0.5) is 5.69 Å². The van der Waals surface area contributed by atoms with E-state index in [0.29, 0.717) is 16.5 Å². The van der Waals surface area contributed by atoms with Crippen molar-refractivity contribution in [2.24, 2.45) is 0 Å². The van der Waals surface area contributed by atoms with Crippen LogP contribution in [0.25, 0.3) is 22.6 Å². The van der Waals surface area contributed by atoms with Gasteiger partial charge < -0.3 is 9.32 Å². The molecule has 3 rings (SSSR count). The summed E-state index contributed by atoms with van der Waals surface area (Å²) in [6, 6.07) is 15.5. The molecule has 0 amide bonds. The third kappa shape index (κ3) is 2.82. The van der Waals surface area contributed by atoms with Gasteiger partial charge >= 0.3 is 0 Å². The number of oxazole rings is 1. The zero-order chi connectivity index (χ0) is 15.7. The van der Waals surface area contributed by atoms with Gasteiger partial charge in [-0.2, -0.15) is 4.98 Å². The van der Waals surface area contributed by atoms with E-state index in [1.165, 1.54) is 0 Å². The Kier molecular flexibility index (Phi) is 4.10. The lowest BCUT2D eigenvalue weighted by Gasteiger charge is -2.13. The largest absolute Gasteiger partial charge is 0.427 e. The smallest absolute Gasteiger partial charge is 0.293 e. The van der Waals surface area contributed by atoms with Crippen LogP contribution in [0.5, 0.6) is 0 Å². The molecule has 2 aromatic carbocycles. The van der Waals surface area contributed by atoms with E-state index in [1.807, 2.05) is 67.5 Å². The zero-order valence-electron chi connectivity index (χ0n) is 12.2. The molecule has 1 heterocycles. The van der Waals surface area contributed by atoms with Crippen LogP contribution in [0.1, 0.15) is 0 Å². The van der Waals surface area contributed by atoms with Gasteiger partial charge in [-0.05, 0) is 29.8 Å². The first-order valence-corrected chi connectivity index (χ1v) is 7.51. The Bertz CT molecular complexity index is 798. The minimum absolute atomic E-state index is 0.0987. The molecular formula is C17H14Cl2N2O. The number of aromatic nitrogens is 1. The molecular weight excluding hydrogens is 319 g/mol. The van der Waals surface area contributed by atoms with Crippen LogP contribution in [-0.4, -0.2) is 19.1 Å². The Balaban J connectivity index is 2.14. The lowest BCUT2D eigenvalue weighted by molar-refractivity contribution is 0.574. The average molecular weight is 333 g/mol. The molecule has 0 aliphatic rings. The van der Waals surface area contributed by atoms with E-state index in [4.69, 9.17) is 27.6 Å². The van der Waals surface area contributed by atoms with Crippen LogP contribution in [0.15, 0.2) is 52.9 Å². The molecule has 0 bridgehead atoms. The van der Waals surface area contributed by atoms with Gasteiger partial charge in [-0.25, -0.2) is 0 Å². The number of halogens is 2. The summed E-state index contributed by atoms with van der Waals surface area (Å²) in [4.78, 5) is 6.27. The third-order valence-corrected chi connectivity index (χ3v) is 3.84. The van der Waals surface area contributed by atoms with E-state index in [9.17, 15) is 0 Å². The number of rotatable bonds is 3. The van der Waals surface area contributed by atoms with Crippen molar-refractivity contribution in [3.8, 4) is 22.6 Å². The molecule has 3 nitrogen and oxygen atoms in total. The fraction of sp³-hybridized carbons (Fsp3) is 0.118. The highest BCUT2D eigenvalue weighted by molar-refractivity contribution is 6.33. The Morgan fingerprint density at radius 2 is 1.73 bits per heavy atom. The zero-order valence-corrected chi connectivity index (χ0v) is 13.7. The van der Waals surface area contributed by atoms with Crippen LogP contribution in [0, 0.1) is 0 Å². The maximum atomic E-state index is 6.42. The minimum Gasteiger partial charge on any atom is -0.427 e. The fourth-order valence-corrected chi connectivity index (χ4v) is 2.66. The van der Waals surface area contributed by atoms with Gasteiger partial charge in [0.1, 0.15) is 5.69 Å². The maximum Gasteiger partial charge on any atom is 0.293 e. The molecule has 0 saturated heterocycles. The highest BCUT2D eigenvalue weighted by Crippen LogP contribution is 2.38. The predicted octanol–water partition coefficient (Wildman–Crippen LogP) is 5.38. The molecule has 0 saturated carbocycles. The molecule has 0 N–H and O–H groups in total. The summed E-state index contributed by atoms with van der Waals surface area (Å²) in [6.07, 6.45) is 0. The highest BCUT2D eigenvalue weighted by atomic mass is 35.5. The van der Waals surface area contributed by atoms with E-state index < -0.39 is 0 Å². The van der Waals surface area contributed by atoms with E-state index in [-0.39, 0.29) is 5.35 Å². The third-order valence-electron chi connectivity index (χ3n) is 3.36. The summed E-state index contributed by atoms with van der Waals surface area (Å²) < 4.78 is 5.59. The van der Waals surface area contributed by atoms with Gasteiger partial charge in [-0.15, -0.1) is 0 Å². The maximum absolute atomic E-state index is 6.42. The molecule has 0 aliphatic carbocycles. The number of hydrogen-bond acceptors (Lipinski definition) is 3. The first-order valence-electron chi connectivity index (χ1n) is 6.75. The first-order chi connectivity index (χ1) is 10.6. The van der Waals surface area contributed by atoms with Crippen molar-refractivity contribution in [1.29, 1.82) is 0 Å². The number of benzene rings is 2. The number of anilines is 1. The molecule has 0 spiro atoms. The number of nitrogens with zero attached hydrogens (tertiary/aromatic N) is 2. The van der Waals surface area contributed by atoms with Crippen molar-refractivity contribution in [1.82, 2.24) is 4.98 Å². The molecule has 0 radical (unpaired) electrons. The molecule has 0 atom stereocenters. The summed E-state index contributed by atoms with van der Waals surface area (Å²) in [5.41, 5.74) is 3.40. The Labute approximate surface area is 139 Å². The van der Waals surface area contributed by atoms with E-state index in [1.54, 1.807) is 0 Å². The second kappa shape index (κ2) is 6.03. The first kappa shape index (κ1) is 14.9. The van der Waals surface area contributed by atoms with Crippen molar-refractivity contribution in [3.63, 3.8) is 0 Å². The van der Waals surface area contributed by atoms with Crippen molar-refractivity contribution in [2.45, 2.75) is 0 Å². The van der Waals surface area contributed by atoms with Crippen molar-refractivity contribution in [3.05, 3.63) is 58.9 Å². The van der Waals surface area contributed by atoms with Crippen LogP contribution >= 0.6 is 23.2 Å². The van der Waals surface area contributed by atoms with Crippen LogP contribution in [-0.2, 0) is 0 Å². The molecule has 1 aromatic heterocycles. The lowest BCUT2D eigenvalue weighted by atomic mass is 10.1. The monoisotopic (exact) mass is 332 g/mol. The van der Waals surface area contributed by atoms with Gasteiger partial charge in [0.05, 0.1) is 5.02 Å².